The third kappa shape index (κ3) is 5.70. The van der Waals surface area contributed by atoms with Crippen LogP contribution < -0.4 is 0 Å². The van der Waals surface area contributed by atoms with Gasteiger partial charge in [-0.1, -0.05) is 114 Å². The predicted molar refractivity (Wildman–Crippen MR) is 227 cm³/mol. The number of oxazole rings is 2. The molecular weight excluding hydrogens is 675 g/mol. The van der Waals surface area contributed by atoms with Gasteiger partial charge in [0.05, 0.1) is 11.0 Å². The quantitative estimate of drug-likeness (QED) is 0.182. The first-order valence-corrected chi connectivity index (χ1v) is 19.0. The Morgan fingerprint density at radius 3 is 1.45 bits per heavy atom. The third-order valence-electron chi connectivity index (χ3n) is 11.0. The summed E-state index contributed by atoms with van der Waals surface area (Å²) in [6, 6.07) is 49.7. The summed E-state index contributed by atoms with van der Waals surface area (Å²) in [5.41, 5.74) is 13.1. The van der Waals surface area contributed by atoms with Gasteiger partial charge in [-0.05, 0) is 111 Å². The monoisotopic (exact) mass is 715 g/mol. The first kappa shape index (κ1) is 33.1. The highest BCUT2D eigenvalue weighted by molar-refractivity contribution is 6.11. The van der Waals surface area contributed by atoms with Gasteiger partial charge >= 0.3 is 0 Å². The highest BCUT2D eigenvalue weighted by Crippen LogP contribution is 2.39. The van der Waals surface area contributed by atoms with Crippen LogP contribution in [0.25, 0.3) is 94.5 Å². The molecule has 0 amide bonds. The molecule has 5 heteroatoms. The fourth-order valence-corrected chi connectivity index (χ4v) is 7.76. The summed E-state index contributed by atoms with van der Waals surface area (Å²) in [5.74, 6) is 1.21. The lowest BCUT2D eigenvalue weighted by Gasteiger charge is -2.18. The topological polar surface area (TPSA) is 57.0 Å². The van der Waals surface area contributed by atoms with Crippen LogP contribution in [0.3, 0.4) is 0 Å². The Morgan fingerprint density at radius 2 is 0.927 bits per heavy atom. The molecular formula is C50H41N3O2. The van der Waals surface area contributed by atoms with Gasteiger partial charge in [0, 0.05) is 27.6 Å². The van der Waals surface area contributed by atoms with E-state index in [4.69, 9.17) is 18.8 Å². The number of nitrogens with zero attached hydrogens (tertiary/aromatic N) is 3. The van der Waals surface area contributed by atoms with Gasteiger partial charge in [-0.25, -0.2) is 9.97 Å². The summed E-state index contributed by atoms with van der Waals surface area (Å²) in [5, 5.41) is 4.75. The fourth-order valence-electron chi connectivity index (χ4n) is 7.76. The van der Waals surface area contributed by atoms with E-state index in [1.807, 2.05) is 0 Å². The molecule has 0 atom stereocenters. The number of hydrogen-bond acceptors (Lipinski definition) is 4. The molecule has 7 aromatic carbocycles. The summed E-state index contributed by atoms with van der Waals surface area (Å²) in [6.45, 7) is 13.3. The zero-order valence-corrected chi connectivity index (χ0v) is 31.9. The second-order valence-electron chi connectivity index (χ2n) is 16.8. The Morgan fingerprint density at radius 1 is 0.436 bits per heavy atom. The van der Waals surface area contributed by atoms with E-state index < -0.39 is 0 Å². The maximum atomic E-state index is 6.45. The van der Waals surface area contributed by atoms with E-state index in [-0.39, 0.29) is 10.8 Å². The van der Waals surface area contributed by atoms with Crippen LogP contribution in [0.5, 0.6) is 0 Å². The molecule has 268 valence electrons. The van der Waals surface area contributed by atoms with Crippen LogP contribution in [0, 0.1) is 0 Å². The third-order valence-corrected chi connectivity index (χ3v) is 11.0. The Balaban J connectivity index is 1.14. The van der Waals surface area contributed by atoms with E-state index in [1.54, 1.807) is 0 Å². The van der Waals surface area contributed by atoms with Crippen molar-refractivity contribution in [3.05, 3.63) is 151 Å². The van der Waals surface area contributed by atoms with Gasteiger partial charge < -0.3 is 13.4 Å². The van der Waals surface area contributed by atoms with Crippen LogP contribution in [-0.2, 0) is 10.8 Å². The van der Waals surface area contributed by atoms with Gasteiger partial charge in [0.25, 0.3) is 0 Å². The molecule has 10 aromatic rings. The standard InChI is InChI=1S/C50H41N3O2/c1-49(2,3)36-17-23-41-45(28-36)54-47(51-41)34-15-21-39-40-22-16-35(48-52-42-24-18-37(50(4,5)6)29-46(42)55-48)27-44(40)53(43(39)26-34)38-19-13-31(14-20-38)33-12-11-30-9-7-8-10-32(30)25-33/h7-29H,1-6H3. The maximum absolute atomic E-state index is 6.45. The highest BCUT2D eigenvalue weighted by atomic mass is 16.4. The minimum atomic E-state index is 0.0109. The molecule has 0 aliphatic heterocycles. The number of aromatic nitrogens is 3. The summed E-state index contributed by atoms with van der Waals surface area (Å²) in [6.07, 6.45) is 0. The van der Waals surface area contributed by atoms with Crippen molar-refractivity contribution in [1.29, 1.82) is 0 Å². The predicted octanol–water partition coefficient (Wildman–Crippen LogP) is 13.8. The second kappa shape index (κ2) is 12.0. The van der Waals surface area contributed by atoms with Crippen molar-refractivity contribution in [2.45, 2.75) is 52.4 Å². The van der Waals surface area contributed by atoms with Crippen LogP contribution in [0.2, 0.25) is 0 Å². The van der Waals surface area contributed by atoms with E-state index in [9.17, 15) is 0 Å². The van der Waals surface area contributed by atoms with Crippen molar-refractivity contribution in [2.24, 2.45) is 0 Å². The fraction of sp³-hybridized carbons (Fsp3) is 0.160. The first-order valence-electron chi connectivity index (χ1n) is 19.0. The molecule has 3 aromatic heterocycles. The van der Waals surface area contributed by atoms with Crippen molar-refractivity contribution in [3.8, 4) is 39.7 Å². The van der Waals surface area contributed by atoms with Gasteiger partial charge in [-0.3, -0.25) is 0 Å². The minimum Gasteiger partial charge on any atom is -0.436 e. The highest BCUT2D eigenvalue weighted by Gasteiger charge is 2.21. The summed E-state index contributed by atoms with van der Waals surface area (Å²) >= 11 is 0. The van der Waals surface area contributed by atoms with Crippen LogP contribution in [-0.4, -0.2) is 14.5 Å². The summed E-state index contributed by atoms with van der Waals surface area (Å²) < 4.78 is 15.2. The van der Waals surface area contributed by atoms with Crippen LogP contribution in [0.4, 0.5) is 0 Å². The van der Waals surface area contributed by atoms with Crippen LogP contribution in [0.15, 0.2) is 148 Å². The Bertz CT molecular complexity index is 2960. The van der Waals surface area contributed by atoms with Crippen molar-refractivity contribution in [2.75, 3.05) is 0 Å². The molecule has 0 radical (unpaired) electrons. The zero-order valence-electron chi connectivity index (χ0n) is 31.9. The number of benzene rings is 7. The molecule has 0 aliphatic rings. The van der Waals surface area contributed by atoms with E-state index in [0.29, 0.717) is 11.8 Å². The normalized spacial score (nSPS) is 12.5. The maximum Gasteiger partial charge on any atom is 0.227 e. The smallest absolute Gasteiger partial charge is 0.227 e. The van der Waals surface area contributed by atoms with E-state index >= 15 is 0 Å². The van der Waals surface area contributed by atoms with Crippen LogP contribution in [0.1, 0.15) is 52.7 Å². The van der Waals surface area contributed by atoms with Crippen molar-refractivity contribution in [1.82, 2.24) is 14.5 Å². The Labute approximate surface area is 319 Å². The molecule has 0 saturated heterocycles. The lowest BCUT2D eigenvalue weighted by molar-refractivity contribution is 0.584. The molecule has 55 heavy (non-hydrogen) atoms. The average Bonchev–Trinajstić information content (AvgIpc) is 3.90. The van der Waals surface area contributed by atoms with Gasteiger partial charge in [-0.2, -0.15) is 0 Å². The molecule has 5 nitrogen and oxygen atoms in total. The van der Waals surface area contributed by atoms with Crippen molar-refractivity contribution in [3.63, 3.8) is 0 Å². The average molecular weight is 716 g/mol. The second-order valence-corrected chi connectivity index (χ2v) is 16.8. The number of rotatable bonds is 4. The van der Waals surface area contributed by atoms with Gasteiger partial charge in [-0.15, -0.1) is 0 Å². The number of hydrogen-bond donors (Lipinski definition) is 0. The zero-order chi connectivity index (χ0) is 37.6. The molecule has 0 saturated carbocycles. The van der Waals surface area contributed by atoms with E-state index in [1.165, 1.54) is 33.0 Å². The Kier molecular flexibility index (Phi) is 7.24. The minimum absolute atomic E-state index is 0.0109. The van der Waals surface area contributed by atoms with Gasteiger partial charge in [0.15, 0.2) is 11.2 Å². The molecule has 0 aliphatic carbocycles. The van der Waals surface area contributed by atoms with Crippen molar-refractivity contribution >= 4 is 54.8 Å². The molecule has 0 spiro atoms. The molecule has 0 fully saturated rings. The lowest BCUT2D eigenvalue weighted by Crippen LogP contribution is -2.10. The van der Waals surface area contributed by atoms with Crippen LogP contribution >= 0.6 is 0 Å². The number of fused-ring (bicyclic) bond motifs is 6. The van der Waals surface area contributed by atoms with E-state index in [2.05, 4.69) is 186 Å². The summed E-state index contributed by atoms with van der Waals surface area (Å²) in [7, 11) is 0. The molecule has 0 N–H and O–H groups in total. The van der Waals surface area contributed by atoms with Gasteiger partial charge in [0.1, 0.15) is 11.0 Å². The SMILES string of the molecule is CC(C)(C)c1ccc2nc(-c3ccc4c5ccc(-c6nc7ccc(C(C)(C)C)cc7o6)cc5n(-c5ccc(-c6ccc7ccccc7c6)cc5)c4c3)oc2c1. The lowest BCUT2D eigenvalue weighted by atomic mass is 9.87. The largest absolute Gasteiger partial charge is 0.436 e. The summed E-state index contributed by atoms with van der Waals surface area (Å²) in [4.78, 5) is 9.87. The molecule has 0 bridgehead atoms. The van der Waals surface area contributed by atoms with Crippen molar-refractivity contribution < 1.29 is 8.83 Å². The van der Waals surface area contributed by atoms with Gasteiger partial charge in [0.2, 0.25) is 11.8 Å². The van der Waals surface area contributed by atoms with E-state index in [0.717, 1.165) is 60.8 Å². The molecule has 3 heterocycles. The molecule has 10 rings (SSSR count). The molecule has 0 unspecified atom stereocenters. The first-order chi connectivity index (χ1) is 26.5. The Hall–Kier alpha value is -6.46.